The van der Waals surface area contributed by atoms with Crippen molar-refractivity contribution in [1.82, 2.24) is 0 Å². The van der Waals surface area contributed by atoms with Gasteiger partial charge in [0.05, 0.1) is 21.1 Å². The maximum absolute atomic E-state index is 12.0. The molecular weight excluding hydrogens is 428 g/mol. The van der Waals surface area contributed by atoms with Gasteiger partial charge in [-0.15, -0.1) is 0 Å². The maximum Gasteiger partial charge on any atom is 0.341 e. The Morgan fingerprint density at radius 1 is 1.07 bits per heavy atom. The minimum absolute atomic E-state index is 0.0379. The minimum Gasteiger partial charge on any atom is -0.452 e. The number of carbonyl (C=O) groups is 2. The van der Waals surface area contributed by atoms with E-state index in [-0.39, 0.29) is 32.8 Å². The van der Waals surface area contributed by atoms with E-state index in [1.807, 2.05) is 0 Å². The highest BCUT2D eigenvalue weighted by molar-refractivity contribution is 9.10. The second-order valence-electron chi connectivity index (χ2n) is 5.07. The summed E-state index contributed by atoms with van der Waals surface area (Å²) in [5.41, 5.74) is 5.02. The third-order valence-electron chi connectivity index (χ3n) is 3.24. The lowest BCUT2D eigenvalue weighted by Crippen LogP contribution is -2.21. The summed E-state index contributed by atoms with van der Waals surface area (Å²) in [5, 5.41) is 23.8. The van der Waals surface area contributed by atoms with Crippen molar-refractivity contribution in [3.8, 4) is 0 Å². The van der Waals surface area contributed by atoms with Crippen LogP contribution < -0.4 is 11.1 Å². The number of nitro benzene ring substituents is 2. The minimum atomic E-state index is -1.01. The van der Waals surface area contributed by atoms with Crippen LogP contribution >= 0.6 is 15.9 Å². The standard InChI is InChI=1S/C15H11BrN4O7/c16-11-6-9(20(25)26)2-4-13(11)18-14(21)7-27-15(22)10-5-8(19(23)24)1-3-12(10)17/h1-6H,7,17H2,(H,18,21). The molecule has 11 nitrogen and oxygen atoms in total. The third kappa shape index (κ3) is 4.98. The number of hydrogen-bond acceptors (Lipinski definition) is 8. The number of benzene rings is 2. The SMILES string of the molecule is Nc1ccc([N+](=O)[O-])cc1C(=O)OCC(=O)Nc1ccc([N+](=O)[O-])cc1Br. The Balaban J connectivity index is 2.01. The summed E-state index contributed by atoms with van der Waals surface area (Å²) in [4.78, 5) is 44.0. The molecule has 2 aromatic rings. The van der Waals surface area contributed by atoms with Crippen LogP contribution in [0.5, 0.6) is 0 Å². The van der Waals surface area contributed by atoms with Crippen molar-refractivity contribution in [2.24, 2.45) is 0 Å². The highest BCUT2D eigenvalue weighted by Crippen LogP contribution is 2.27. The average molecular weight is 439 g/mol. The van der Waals surface area contributed by atoms with Gasteiger partial charge in [0, 0.05) is 34.4 Å². The molecule has 3 N–H and O–H groups in total. The number of nitrogen functional groups attached to an aromatic ring is 1. The molecule has 12 heteroatoms. The molecule has 0 fully saturated rings. The first-order valence-corrected chi connectivity index (χ1v) is 7.93. The van der Waals surface area contributed by atoms with Crippen LogP contribution in [0.3, 0.4) is 0 Å². The van der Waals surface area contributed by atoms with E-state index >= 15 is 0 Å². The van der Waals surface area contributed by atoms with Crippen molar-refractivity contribution in [3.05, 3.63) is 66.7 Å². The number of nitrogens with two attached hydrogens (primary N) is 1. The number of nitro groups is 2. The number of nitrogens with zero attached hydrogens (tertiary/aromatic N) is 2. The van der Waals surface area contributed by atoms with Gasteiger partial charge in [-0.2, -0.15) is 0 Å². The number of esters is 1. The largest absolute Gasteiger partial charge is 0.452 e. The predicted molar refractivity (Wildman–Crippen MR) is 97.2 cm³/mol. The van der Waals surface area contributed by atoms with Crippen LogP contribution in [0.15, 0.2) is 40.9 Å². The predicted octanol–water partition coefficient (Wildman–Crippen LogP) is 2.64. The van der Waals surface area contributed by atoms with Crippen LogP contribution in [0.1, 0.15) is 10.4 Å². The van der Waals surface area contributed by atoms with E-state index in [4.69, 9.17) is 10.5 Å². The van der Waals surface area contributed by atoms with E-state index in [0.717, 1.165) is 12.1 Å². The molecule has 0 aliphatic heterocycles. The molecule has 0 heterocycles. The first-order valence-electron chi connectivity index (χ1n) is 7.14. The van der Waals surface area contributed by atoms with Gasteiger partial charge in [-0.25, -0.2) is 4.79 Å². The van der Waals surface area contributed by atoms with Crippen LogP contribution in [-0.2, 0) is 9.53 Å². The van der Waals surface area contributed by atoms with Crippen molar-refractivity contribution in [2.45, 2.75) is 0 Å². The van der Waals surface area contributed by atoms with E-state index < -0.39 is 28.3 Å². The van der Waals surface area contributed by atoms with Gasteiger partial charge in [0.2, 0.25) is 0 Å². The molecule has 0 spiro atoms. The number of rotatable bonds is 6. The monoisotopic (exact) mass is 438 g/mol. The van der Waals surface area contributed by atoms with Gasteiger partial charge in [0.25, 0.3) is 17.3 Å². The molecule has 0 saturated heterocycles. The molecule has 0 unspecified atom stereocenters. The highest BCUT2D eigenvalue weighted by atomic mass is 79.9. The Morgan fingerprint density at radius 2 is 1.67 bits per heavy atom. The lowest BCUT2D eigenvalue weighted by Gasteiger charge is -2.09. The molecule has 0 aliphatic rings. The quantitative estimate of drug-likeness (QED) is 0.300. The molecule has 1 amide bonds. The molecule has 0 aromatic heterocycles. The van der Waals surface area contributed by atoms with E-state index in [2.05, 4.69) is 21.2 Å². The van der Waals surface area contributed by atoms with Crippen molar-refractivity contribution in [3.63, 3.8) is 0 Å². The Hall–Kier alpha value is -3.54. The number of nitrogens with one attached hydrogen (secondary N) is 1. The summed E-state index contributed by atoms with van der Waals surface area (Å²) >= 11 is 3.08. The zero-order valence-electron chi connectivity index (χ0n) is 13.4. The van der Waals surface area contributed by atoms with Crippen molar-refractivity contribution in [1.29, 1.82) is 0 Å². The topological polar surface area (TPSA) is 168 Å². The van der Waals surface area contributed by atoms with E-state index in [1.165, 1.54) is 24.3 Å². The van der Waals surface area contributed by atoms with Gasteiger partial charge >= 0.3 is 5.97 Å². The summed E-state index contributed by atoms with van der Waals surface area (Å²) in [7, 11) is 0. The summed E-state index contributed by atoms with van der Waals surface area (Å²) < 4.78 is 5.07. The van der Waals surface area contributed by atoms with Gasteiger partial charge in [0.15, 0.2) is 6.61 Å². The lowest BCUT2D eigenvalue weighted by molar-refractivity contribution is -0.385. The van der Waals surface area contributed by atoms with Crippen LogP contribution in [0, 0.1) is 20.2 Å². The van der Waals surface area contributed by atoms with Crippen molar-refractivity contribution < 1.29 is 24.2 Å². The maximum atomic E-state index is 12.0. The van der Waals surface area contributed by atoms with Gasteiger partial charge in [0.1, 0.15) is 0 Å². The van der Waals surface area contributed by atoms with Gasteiger partial charge in [-0.3, -0.25) is 25.0 Å². The summed E-state index contributed by atoms with van der Waals surface area (Å²) in [6, 6.07) is 6.96. The Kier molecular flexibility index (Phi) is 6.03. The number of hydrogen-bond donors (Lipinski definition) is 2. The van der Waals surface area contributed by atoms with Crippen molar-refractivity contribution in [2.75, 3.05) is 17.7 Å². The van der Waals surface area contributed by atoms with Gasteiger partial charge in [-0.05, 0) is 28.1 Å². The van der Waals surface area contributed by atoms with E-state index in [1.54, 1.807) is 0 Å². The third-order valence-corrected chi connectivity index (χ3v) is 3.90. The zero-order chi connectivity index (χ0) is 20.1. The van der Waals surface area contributed by atoms with E-state index in [0.29, 0.717) is 0 Å². The fourth-order valence-corrected chi connectivity index (χ4v) is 2.41. The van der Waals surface area contributed by atoms with E-state index in [9.17, 15) is 29.8 Å². The number of halogens is 1. The van der Waals surface area contributed by atoms with Gasteiger partial charge < -0.3 is 15.8 Å². The smallest absolute Gasteiger partial charge is 0.341 e. The average Bonchev–Trinajstić information content (AvgIpc) is 2.61. The van der Waals surface area contributed by atoms with Crippen LogP contribution in [0.4, 0.5) is 22.7 Å². The second kappa shape index (κ2) is 8.23. The summed E-state index contributed by atoms with van der Waals surface area (Å²) in [6.45, 7) is -0.690. The molecule has 0 radical (unpaired) electrons. The van der Waals surface area contributed by atoms with Crippen LogP contribution in [0.2, 0.25) is 0 Å². The number of amides is 1. The molecule has 0 aliphatic carbocycles. The Labute approximate surface area is 159 Å². The lowest BCUT2D eigenvalue weighted by atomic mass is 10.1. The molecule has 0 saturated carbocycles. The number of ether oxygens (including phenoxy) is 1. The second-order valence-corrected chi connectivity index (χ2v) is 5.93. The first kappa shape index (κ1) is 19.8. The fraction of sp³-hybridized carbons (Fsp3) is 0.0667. The number of non-ortho nitro benzene ring substituents is 2. The summed E-state index contributed by atoms with van der Waals surface area (Å²) in [6.07, 6.45) is 0. The highest BCUT2D eigenvalue weighted by Gasteiger charge is 2.18. The molecule has 2 aromatic carbocycles. The summed E-state index contributed by atoms with van der Waals surface area (Å²) in [5.74, 6) is -1.73. The molecule has 2 rings (SSSR count). The Morgan fingerprint density at radius 3 is 2.26 bits per heavy atom. The van der Waals surface area contributed by atoms with Crippen molar-refractivity contribution >= 4 is 50.6 Å². The zero-order valence-corrected chi connectivity index (χ0v) is 15.0. The molecule has 0 atom stereocenters. The number of anilines is 2. The molecule has 27 heavy (non-hydrogen) atoms. The molecule has 140 valence electrons. The normalized spacial score (nSPS) is 10.1. The van der Waals surface area contributed by atoms with Crippen LogP contribution in [-0.4, -0.2) is 28.3 Å². The molecular formula is C15H11BrN4O7. The first-order chi connectivity index (χ1) is 12.7. The number of carbonyl (C=O) groups excluding carboxylic acids is 2. The fourth-order valence-electron chi connectivity index (χ4n) is 1.95. The van der Waals surface area contributed by atoms with Crippen LogP contribution in [0.25, 0.3) is 0 Å². The molecule has 0 bridgehead atoms. The Bertz CT molecular complexity index is 948. The van der Waals surface area contributed by atoms with Gasteiger partial charge in [-0.1, -0.05) is 0 Å².